The number of hydrogen-bond donors (Lipinski definition) is 4. The molecule has 3 rings (SSSR count). The second kappa shape index (κ2) is 8.11. The van der Waals surface area contributed by atoms with Crippen LogP contribution >= 0.6 is 23.1 Å². The van der Waals surface area contributed by atoms with Gasteiger partial charge in [0.2, 0.25) is 0 Å². The number of carbonyl (C=O) groups is 3. The number of hydrogen-bond acceptors (Lipinski definition) is 7. The van der Waals surface area contributed by atoms with Crippen molar-refractivity contribution < 1.29 is 19.1 Å². The van der Waals surface area contributed by atoms with Crippen LogP contribution in [0.5, 0.6) is 0 Å². The van der Waals surface area contributed by atoms with E-state index in [-0.39, 0.29) is 17.7 Å². The van der Waals surface area contributed by atoms with Crippen molar-refractivity contribution in [1.29, 1.82) is 0 Å². The van der Waals surface area contributed by atoms with Gasteiger partial charge < -0.3 is 15.4 Å². The Labute approximate surface area is 157 Å². The zero-order valence-corrected chi connectivity index (χ0v) is 15.3. The minimum absolute atomic E-state index is 0.157. The Bertz CT molecular complexity index is 814. The highest BCUT2D eigenvalue weighted by atomic mass is 32.2. The molecular formula is C16H16N4O4S2. The number of thiophene rings is 1. The molecule has 1 aromatic carbocycles. The van der Waals surface area contributed by atoms with Crippen LogP contribution in [-0.2, 0) is 4.74 Å². The molecule has 0 bridgehead atoms. The first kappa shape index (κ1) is 18.1. The fourth-order valence-electron chi connectivity index (χ4n) is 2.22. The van der Waals surface area contributed by atoms with Crippen LogP contribution in [0.3, 0.4) is 0 Å². The highest BCUT2D eigenvalue weighted by Crippen LogP contribution is 2.36. The third-order valence-electron chi connectivity index (χ3n) is 3.31. The number of ether oxygens (including phenoxy) is 1. The molecule has 0 aliphatic carbocycles. The first-order valence-electron chi connectivity index (χ1n) is 7.72. The molecule has 1 unspecified atom stereocenters. The molecule has 0 fully saturated rings. The van der Waals surface area contributed by atoms with Crippen LogP contribution in [0.25, 0.3) is 0 Å². The van der Waals surface area contributed by atoms with Crippen LogP contribution in [0.1, 0.15) is 17.3 Å². The summed E-state index contributed by atoms with van der Waals surface area (Å²) in [5.41, 5.74) is 0.825. The average Bonchev–Trinajstić information content (AvgIpc) is 3.20. The van der Waals surface area contributed by atoms with Crippen molar-refractivity contribution in [2.24, 2.45) is 0 Å². The van der Waals surface area contributed by atoms with Crippen LogP contribution in [-0.4, -0.2) is 30.1 Å². The van der Waals surface area contributed by atoms with E-state index in [9.17, 15) is 14.4 Å². The molecule has 8 nitrogen and oxygen atoms in total. The van der Waals surface area contributed by atoms with Crippen molar-refractivity contribution in [1.82, 2.24) is 10.6 Å². The molecule has 1 atom stereocenters. The Kier molecular flexibility index (Phi) is 5.64. The quantitative estimate of drug-likeness (QED) is 0.636. The highest BCUT2D eigenvalue weighted by Gasteiger charge is 2.23. The Hall–Kier alpha value is -2.72. The molecule has 4 amide bonds. The molecule has 10 heteroatoms. The van der Waals surface area contributed by atoms with Gasteiger partial charge in [0.15, 0.2) is 5.50 Å². The number of para-hydroxylation sites is 1. The molecule has 2 aromatic rings. The van der Waals surface area contributed by atoms with Gasteiger partial charge in [-0.3, -0.25) is 15.4 Å². The lowest BCUT2D eigenvalue weighted by molar-refractivity contribution is 0.0926. The maximum atomic E-state index is 12.2. The second-order valence-electron chi connectivity index (χ2n) is 5.07. The van der Waals surface area contributed by atoms with Crippen molar-refractivity contribution in [2.45, 2.75) is 17.3 Å². The first-order valence-corrected chi connectivity index (χ1v) is 9.48. The molecule has 4 N–H and O–H groups in total. The molecule has 0 radical (unpaired) electrons. The fourth-order valence-corrected chi connectivity index (χ4v) is 4.02. The van der Waals surface area contributed by atoms with E-state index in [2.05, 4.69) is 26.0 Å². The van der Waals surface area contributed by atoms with Crippen molar-refractivity contribution in [3.63, 3.8) is 0 Å². The summed E-state index contributed by atoms with van der Waals surface area (Å²) in [4.78, 5) is 36.7. The van der Waals surface area contributed by atoms with E-state index in [1.54, 1.807) is 12.3 Å². The van der Waals surface area contributed by atoms with Gasteiger partial charge >= 0.3 is 12.1 Å². The Balaban J connectivity index is 1.57. The standard InChI is InChI=1S/C16H16N4O4S2/c1-2-24-16(23)18-12(21)9-7-8-25-13(9)19-14(22)20-15-17-10-5-3-4-6-11(10)26-15/h3-8,15,17H,2H2,1H3,(H,18,21,23)(H2,19,20,22). The van der Waals surface area contributed by atoms with E-state index < -0.39 is 18.0 Å². The van der Waals surface area contributed by atoms with Crippen molar-refractivity contribution in [2.75, 3.05) is 17.2 Å². The Morgan fingerprint density at radius 3 is 2.81 bits per heavy atom. The van der Waals surface area contributed by atoms with E-state index >= 15 is 0 Å². The van der Waals surface area contributed by atoms with Gasteiger partial charge in [0.1, 0.15) is 5.00 Å². The van der Waals surface area contributed by atoms with Gasteiger partial charge in [-0.1, -0.05) is 23.9 Å². The highest BCUT2D eigenvalue weighted by molar-refractivity contribution is 8.00. The predicted octanol–water partition coefficient (Wildman–Crippen LogP) is 3.26. The third kappa shape index (κ3) is 4.27. The number of carbonyl (C=O) groups excluding carboxylic acids is 3. The molecule has 2 heterocycles. The summed E-state index contributed by atoms with van der Waals surface area (Å²) in [7, 11) is 0. The zero-order valence-electron chi connectivity index (χ0n) is 13.7. The maximum absolute atomic E-state index is 12.2. The number of imide groups is 1. The van der Waals surface area contributed by atoms with E-state index in [0.29, 0.717) is 5.00 Å². The molecule has 0 saturated carbocycles. The number of rotatable bonds is 4. The summed E-state index contributed by atoms with van der Waals surface area (Å²) < 4.78 is 4.67. The van der Waals surface area contributed by atoms with Crippen LogP contribution in [0.4, 0.5) is 20.3 Å². The summed E-state index contributed by atoms with van der Waals surface area (Å²) in [6.07, 6.45) is -0.830. The largest absolute Gasteiger partial charge is 0.450 e. The molecule has 0 saturated heterocycles. The average molecular weight is 392 g/mol. The van der Waals surface area contributed by atoms with Crippen LogP contribution in [0.2, 0.25) is 0 Å². The molecule has 1 aromatic heterocycles. The van der Waals surface area contributed by atoms with Gasteiger partial charge in [0.05, 0.1) is 17.9 Å². The SMILES string of the molecule is CCOC(=O)NC(=O)c1ccsc1NC(=O)NC1Nc2ccccc2S1. The Morgan fingerprint density at radius 2 is 2.04 bits per heavy atom. The molecule has 26 heavy (non-hydrogen) atoms. The number of amides is 4. The lowest BCUT2D eigenvalue weighted by Crippen LogP contribution is -2.39. The first-order chi connectivity index (χ1) is 12.6. The second-order valence-corrected chi connectivity index (χ2v) is 7.14. The van der Waals surface area contributed by atoms with Crippen LogP contribution in [0.15, 0.2) is 40.6 Å². The number of benzene rings is 1. The summed E-state index contributed by atoms with van der Waals surface area (Å²) in [6, 6.07) is 8.79. The lowest BCUT2D eigenvalue weighted by atomic mass is 10.3. The van der Waals surface area contributed by atoms with Gasteiger partial charge in [0.25, 0.3) is 5.91 Å². The van der Waals surface area contributed by atoms with Crippen molar-refractivity contribution in [3.8, 4) is 0 Å². The van der Waals surface area contributed by atoms with E-state index in [1.165, 1.54) is 29.2 Å². The summed E-state index contributed by atoms with van der Waals surface area (Å²) >= 11 is 2.66. The van der Waals surface area contributed by atoms with E-state index in [0.717, 1.165) is 10.6 Å². The summed E-state index contributed by atoms with van der Waals surface area (Å²) in [5.74, 6) is -0.638. The number of nitrogens with one attached hydrogen (secondary N) is 4. The summed E-state index contributed by atoms with van der Waals surface area (Å²) in [5, 5.41) is 12.7. The molecule has 1 aliphatic rings. The number of alkyl carbamates (subject to hydrolysis) is 1. The fraction of sp³-hybridized carbons (Fsp3) is 0.188. The lowest BCUT2D eigenvalue weighted by Gasteiger charge is -2.13. The number of thioether (sulfide) groups is 1. The normalized spacial score (nSPS) is 14.7. The molecular weight excluding hydrogens is 376 g/mol. The van der Waals surface area contributed by atoms with Gasteiger partial charge in [0, 0.05) is 4.90 Å². The molecule has 0 spiro atoms. The third-order valence-corrected chi connectivity index (χ3v) is 5.22. The van der Waals surface area contributed by atoms with Crippen molar-refractivity contribution >= 4 is 51.8 Å². The molecule has 1 aliphatic heterocycles. The Morgan fingerprint density at radius 1 is 1.23 bits per heavy atom. The van der Waals surface area contributed by atoms with Crippen LogP contribution < -0.4 is 21.3 Å². The van der Waals surface area contributed by atoms with Gasteiger partial charge in [-0.15, -0.1) is 11.3 Å². The van der Waals surface area contributed by atoms with Crippen LogP contribution in [0, 0.1) is 0 Å². The minimum Gasteiger partial charge on any atom is -0.450 e. The summed E-state index contributed by atoms with van der Waals surface area (Å²) in [6.45, 7) is 1.80. The van der Waals surface area contributed by atoms with E-state index in [1.807, 2.05) is 24.3 Å². The number of fused-ring (bicyclic) bond motifs is 1. The molecule has 136 valence electrons. The zero-order chi connectivity index (χ0) is 18.5. The monoisotopic (exact) mass is 392 g/mol. The van der Waals surface area contributed by atoms with E-state index in [4.69, 9.17) is 0 Å². The van der Waals surface area contributed by atoms with Gasteiger partial charge in [-0.25, -0.2) is 9.59 Å². The predicted molar refractivity (Wildman–Crippen MR) is 101 cm³/mol. The smallest absolute Gasteiger partial charge is 0.414 e. The number of urea groups is 1. The maximum Gasteiger partial charge on any atom is 0.414 e. The van der Waals surface area contributed by atoms with Crippen molar-refractivity contribution in [3.05, 3.63) is 41.3 Å². The number of anilines is 2. The topological polar surface area (TPSA) is 109 Å². The van der Waals surface area contributed by atoms with Gasteiger partial charge in [-0.05, 0) is 30.5 Å². The van der Waals surface area contributed by atoms with Gasteiger partial charge in [-0.2, -0.15) is 0 Å². The minimum atomic E-state index is -0.830.